The molecule has 0 fully saturated rings. The van der Waals surface area contributed by atoms with Crippen molar-refractivity contribution in [1.29, 1.82) is 0 Å². The van der Waals surface area contributed by atoms with E-state index in [1.807, 2.05) is 0 Å². The fraction of sp³-hybridized carbons (Fsp3) is 0.125. The molecule has 1 aliphatic heterocycles. The van der Waals surface area contributed by atoms with E-state index in [9.17, 15) is 13.2 Å². The fourth-order valence-electron chi connectivity index (χ4n) is 1.39. The van der Waals surface area contributed by atoms with Crippen molar-refractivity contribution < 1.29 is 18.3 Å². The van der Waals surface area contributed by atoms with Crippen LogP contribution in [-0.4, -0.2) is 19.5 Å². The van der Waals surface area contributed by atoms with Crippen molar-refractivity contribution in [3.05, 3.63) is 23.8 Å². The maximum atomic E-state index is 11.1. The van der Waals surface area contributed by atoms with Crippen LogP contribution in [0.4, 0.5) is 11.4 Å². The molecule has 0 aliphatic carbocycles. The third kappa shape index (κ3) is 1.79. The van der Waals surface area contributed by atoms with Crippen LogP contribution in [0.25, 0.3) is 0 Å². The largest absolute Gasteiger partial charge is 0.480 e. The highest BCUT2D eigenvalue weighted by molar-refractivity contribution is 7.94. The average molecular weight is 243 g/mol. The van der Waals surface area contributed by atoms with Gasteiger partial charge in [0.15, 0.2) is 0 Å². The first-order valence-electron chi connectivity index (χ1n) is 4.32. The first kappa shape index (κ1) is 10.7. The fourth-order valence-corrected chi connectivity index (χ4v) is 2.36. The van der Waals surface area contributed by atoms with Gasteiger partial charge in [0.25, 0.3) is 0 Å². The summed E-state index contributed by atoms with van der Waals surface area (Å²) in [4.78, 5) is 10.6. The van der Waals surface area contributed by atoms with E-state index in [0.29, 0.717) is 16.9 Å². The monoisotopic (exact) mass is 243 g/mol. The standard InChI is InChI=1S/C8H9N3O4S/c9-7(8(12)13)4-1-2-5-6(3-4)11-16(14,15)10-5/h1-3,7,10-11H,9H2,(H,12,13). The molecule has 16 heavy (non-hydrogen) atoms. The van der Waals surface area contributed by atoms with E-state index < -0.39 is 22.2 Å². The maximum absolute atomic E-state index is 11.1. The van der Waals surface area contributed by atoms with Crippen LogP contribution in [0.3, 0.4) is 0 Å². The number of fused-ring (bicyclic) bond motifs is 1. The maximum Gasteiger partial charge on any atom is 0.325 e. The molecular formula is C8H9N3O4S. The molecule has 0 amide bonds. The Labute approximate surface area is 91.4 Å². The highest BCUT2D eigenvalue weighted by atomic mass is 32.2. The molecular weight excluding hydrogens is 234 g/mol. The van der Waals surface area contributed by atoms with E-state index in [-0.39, 0.29) is 0 Å². The smallest absolute Gasteiger partial charge is 0.325 e. The Balaban J connectivity index is 2.40. The van der Waals surface area contributed by atoms with Gasteiger partial charge in [-0.1, -0.05) is 6.07 Å². The molecule has 1 aromatic rings. The summed E-state index contributed by atoms with van der Waals surface area (Å²) in [6.07, 6.45) is 0. The second-order valence-electron chi connectivity index (χ2n) is 3.33. The van der Waals surface area contributed by atoms with Crippen molar-refractivity contribution in [3.63, 3.8) is 0 Å². The lowest BCUT2D eigenvalue weighted by atomic mass is 10.1. The molecule has 0 saturated carbocycles. The molecule has 0 bridgehead atoms. The SMILES string of the molecule is NC(C(=O)O)c1ccc2c(c1)NS(=O)(=O)N2. The van der Waals surface area contributed by atoms with Gasteiger partial charge in [-0.25, -0.2) is 0 Å². The number of aliphatic carboxylic acids is 1. The number of carboxylic acid groups (broad SMARTS) is 1. The molecule has 1 atom stereocenters. The molecule has 1 unspecified atom stereocenters. The zero-order valence-corrected chi connectivity index (χ0v) is 8.78. The van der Waals surface area contributed by atoms with Gasteiger partial charge in [-0.05, 0) is 17.7 Å². The van der Waals surface area contributed by atoms with Crippen molar-refractivity contribution in [3.8, 4) is 0 Å². The number of benzene rings is 1. The lowest BCUT2D eigenvalue weighted by molar-refractivity contribution is -0.138. The average Bonchev–Trinajstić information content (AvgIpc) is 2.48. The van der Waals surface area contributed by atoms with Gasteiger partial charge in [0.1, 0.15) is 6.04 Å². The summed E-state index contributed by atoms with van der Waals surface area (Å²) < 4.78 is 26.7. The Morgan fingerprint density at radius 2 is 1.94 bits per heavy atom. The van der Waals surface area contributed by atoms with E-state index in [2.05, 4.69) is 9.44 Å². The van der Waals surface area contributed by atoms with Crippen molar-refractivity contribution in [1.82, 2.24) is 0 Å². The Bertz CT molecular complexity index is 554. The van der Waals surface area contributed by atoms with E-state index in [0.717, 1.165) is 0 Å². The summed E-state index contributed by atoms with van der Waals surface area (Å²) in [6.45, 7) is 0. The molecule has 0 spiro atoms. The molecule has 7 nitrogen and oxygen atoms in total. The van der Waals surface area contributed by atoms with Crippen LogP contribution in [0.1, 0.15) is 11.6 Å². The molecule has 8 heteroatoms. The topological polar surface area (TPSA) is 122 Å². The third-order valence-electron chi connectivity index (χ3n) is 2.16. The summed E-state index contributed by atoms with van der Waals surface area (Å²) in [5.74, 6) is -1.17. The van der Waals surface area contributed by atoms with E-state index >= 15 is 0 Å². The minimum atomic E-state index is -3.56. The van der Waals surface area contributed by atoms with Crippen molar-refractivity contribution >= 4 is 27.6 Å². The predicted octanol–water partition coefficient (Wildman–Crippen LogP) is -0.147. The number of rotatable bonds is 2. The highest BCUT2D eigenvalue weighted by Gasteiger charge is 2.24. The molecule has 0 saturated heterocycles. The number of carboxylic acids is 1. The Kier molecular flexibility index (Phi) is 2.25. The van der Waals surface area contributed by atoms with Gasteiger partial charge in [-0.15, -0.1) is 0 Å². The van der Waals surface area contributed by atoms with Gasteiger partial charge in [-0.2, -0.15) is 8.42 Å². The zero-order valence-electron chi connectivity index (χ0n) is 7.97. The van der Waals surface area contributed by atoms with Crippen LogP contribution < -0.4 is 15.2 Å². The summed E-state index contributed by atoms with van der Waals surface area (Å²) in [5.41, 5.74) is 6.41. The number of carbonyl (C=O) groups is 1. The number of hydrogen-bond donors (Lipinski definition) is 4. The normalized spacial score (nSPS) is 18.1. The van der Waals surface area contributed by atoms with Gasteiger partial charge in [0.2, 0.25) is 0 Å². The van der Waals surface area contributed by atoms with E-state index in [1.165, 1.54) is 18.2 Å². The number of nitrogens with two attached hydrogens (primary N) is 1. The Morgan fingerprint density at radius 3 is 2.56 bits per heavy atom. The molecule has 1 aliphatic rings. The molecule has 2 rings (SSSR count). The van der Waals surface area contributed by atoms with Crippen LogP contribution in [0, 0.1) is 0 Å². The number of hydrogen-bond acceptors (Lipinski definition) is 4. The second-order valence-corrected chi connectivity index (χ2v) is 4.74. The van der Waals surface area contributed by atoms with Gasteiger partial charge < -0.3 is 10.8 Å². The molecule has 1 heterocycles. The lowest BCUT2D eigenvalue weighted by Gasteiger charge is -2.07. The molecule has 1 aromatic carbocycles. The predicted molar refractivity (Wildman–Crippen MR) is 57.2 cm³/mol. The lowest BCUT2D eigenvalue weighted by Crippen LogP contribution is -2.20. The van der Waals surface area contributed by atoms with Crippen molar-refractivity contribution in [2.75, 3.05) is 9.44 Å². The van der Waals surface area contributed by atoms with Crippen molar-refractivity contribution in [2.24, 2.45) is 5.73 Å². The summed E-state index contributed by atoms with van der Waals surface area (Å²) in [7, 11) is -3.56. The zero-order chi connectivity index (χ0) is 11.9. The van der Waals surface area contributed by atoms with Crippen LogP contribution in [0.2, 0.25) is 0 Å². The van der Waals surface area contributed by atoms with Crippen molar-refractivity contribution in [2.45, 2.75) is 6.04 Å². The highest BCUT2D eigenvalue weighted by Crippen LogP contribution is 2.31. The number of nitrogens with one attached hydrogen (secondary N) is 2. The van der Waals surface area contributed by atoms with Crippen LogP contribution in [-0.2, 0) is 15.0 Å². The van der Waals surface area contributed by atoms with E-state index in [1.54, 1.807) is 0 Å². The minimum absolute atomic E-state index is 0.300. The first-order chi connectivity index (χ1) is 7.39. The van der Waals surface area contributed by atoms with Gasteiger partial charge in [0.05, 0.1) is 11.4 Å². The summed E-state index contributed by atoms with van der Waals surface area (Å²) >= 11 is 0. The van der Waals surface area contributed by atoms with Crippen LogP contribution in [0.5, 0.6) is 0 Å². The molecule has 0 radical (unpaired) electrons. The van der Waals surface area contributed by atoms with Gasteiger partial charge in [0, 0.05) is 0 Å². The Morgan fingerprint density at radius 1 is 1.31 bits per heavy atom. The van der Waals surface area contributed by atoms with Gasteiger partial charge >= 0.3 is 16.2 Å². The quantitative estimate of drug-likeness (QED) is 0.575. The van der Waals surface area contributed by atoms with E-state index in [4.69, 9.17) is 10.8 Å². The summed E-state index contributed by atoms with van der Waals surface area (Å²) in [6, 6.07) is 3.15. The second kappa shape index (κ2) is 3.35. The molecule has 86 valence electrons. The Hall–Kier alpha value is -1.80. The third-order valence-corrected chi connectivity index (χ3v) is 3.13. The first-order valence-corrected chi connectivity index (χ1v) is 5.80. The molecule has 5 N–H and O–H groups in total. The summed E-state index contributed by atoms with van der Waals surface area (Å²) in [5, 5.41) is 8.71. The number of anilines is 2. The molecule has 0 aromatic heterocycles. The van der Waals surface area contributed by atoms with Gasteiger partial charge in [-0.3, -0.25) is 14.2 Å². The van der Waals surface area contributed by atoms with Crippen LogP contribution >= 0.6 is 0 Å². The minimum Gasteiger partial charge on any atom is -0.480 e. The van der Waals surface area contributed by atoms with Crippen LogP contribution in [0.15, 0.2) is 18.2 Å².